The number of rotatable bonds is 5. The highest BCUT2D eigenvalue weighted by Crippen LogP contribution is 2.30. The number of nitrogens with two attached hydrogens (primary N) is 1. The van der Waals surface area contributed by atoms with Gasteiger partial charge in [-0.25, -0.2) is 0 Å². The number of nitrogens with zero attached hydrogens (tertiary/aromatic N) is 1. The SMILES string of the molecule is CN(Cc1cccs1)C(CN)c1ccc2c(c1)CCO2. The molecule has 3 rings (SSSR count). The van der Waals surface area contributed by atoms with Crippen molar-refractivity contribution in [2.75, 3.05) is 20.2 Å². The maximum Gasteiger partial charge on any atom is 0.122 e. The Kier molecular flexibility index (Phi) is 4.05. The van der Waals surface area contributed by atoms with Crippen molar-refractivity contribution in [1.29, 1.82) is 0 Å². The Morgan fingerprint density at radius 1 is 1.40 bits per heavy atom. The highest BCUT2D eigenvalue weighted by atomic mass is 32.1. The van der Waals surface area contributed by atoms with Crippen LogP contribution in [0.1, 0.15) is 22.0 Å². The van der Waals surface area contributed by atoms with Crippen LogP contribution in [0, 0.1) is 0 Å². The van der Waals surface area contributed by atoms with Gasteiger partial charge in [0.25, 0.3) is 0 Å². The first-order chi connectivity index (χ1) is 9.78. The number of likely N-dealkylation sites (N-methyl/N-ethyl adjacent to an activating group) is 1. The topological polar surface area (TPSA) is 38.5 Å². The van der Waals surface area contributed by atoms with E-state index in [2.05, 4.69) is 47.7 Å². The van der Waals surface area contributed by atoms with E-state index in [0.717, 1.165) is 25.3 Å². The first kappa shape index (κ1) is 13.6. The second kappa shape index (κ2) is 5.95. The summed E-state index contributed by atoms with van der Waals surface area (Å²) in [5.41, 5.74) is 8.61. The average molecular weight is 288 g/mol. The second-order valence-corrected chi connectivity index (χ2v) is 6.24. The van der Waals surface area contributed by atoms with Crippen molar-refractivity contribution in [2.24, 2.45) is 5.73 Å². The summed E-state index contributed by atoms with van der Waals surface area (Å²) in [6.45, 7) is 2.37. The first-order valence-electron chi connectivity index (χ1n) is 6.96. The van der Waals surface area contributed by atoms with Crippen LogP contribution in [0.2, 0.25) is 0 Å². The molecule has 1 aliphatic heterocycles. The maximum atomic E-state index is 6.01. The predicted molar refractivity (Wildman–Crippen MR) is 83.2 cm³/mol. The Morgan fingerprint density at radius 3 is 3.05 bits per heavy atom. The summed E-state index contributed by atoms with van der Waals surface area (Å²) in [7, 11) is 2.14. The molecule has 0 saturated heterocycles. The van der Waals surface area contributed by atoms with Gasteiger partial charge in [0, 0.05) is 30.4 Å². The van der Waals surface area contributed by atoms with E-state index >= 15 is 0 Å². The number of hydrogen-bond donors (Lipinski definition) is 1. The van der Waals surface area contributed by atoms with E-state index in [0.29, 0.717) is 6.54 Å². The fourth-order valence-corrected chi connectivity index (χ4v) is 3.51. The molecule has 0 radical (unpaired) electrons. The molecule has 0 bridgehead atoms. The van der Waals surface area contributed by atoms with Gasteiger partial charge in [0.2, 0.25) is 0 Å². The minimum absolute atomic E-state index is 0.253. The zero-order valence-corrected chi connectivity index (χ0v) is 12.5. The van der Waals surface area contributed by atoms with E-state index in [1.54, 1.807) is 11.3 Å². The number of fused-ring (bicyclic) bond motifs is 1. The molecule has 1 aromatic heterocycles. The van der Waals surface area contributed by atoms with Crippen LogP contribution in [0.15, 0.2) is 35.7 Å². The first-order valence-corrected chi connectivity index (χ1v) is 7.84. The summed E-state index contributed by atoms with van der Waals surface area (Å²) >= 11 is 1.79. The number of thiophene rings is 1. The Bertz CT molecular complexity index is 568. The molecule has 4 heteroatoms. The van der Waals surface area contributed by atoms with Crippen LogP contribution in [0.5, 0.6) is 5.75 Å². The summed E-state index contributed by atoms with van der Waals surface area (Å²) in [6.07, 6.45) is 1.01. The molecule has 1 unspecified atom stereocenters. The number of ether oxygens (including phenoxy) is 1. The predicted octanol–water partition coefficient (Wildman–Crippen LogP) is 2.81. The molecule has 0 saturated carbocycles. The molecular weight excluding hydrogens is 268 g/mol. The molecule has 20 heavy (non-hydrogen) atoms. The summed E-state index contributed by atoms with van der Waals surface area (Å²) in [6, 6.07) is 11.0. The van der Waals surface area contributed by atoms with Crippen molar-refractivity contribution in [3.63, 3.8) is 0 Å². The van der Waals surface area contributed by atoms with Crippen LogP contribution in [0.25, 0.3) is 0 Å². The summed E-state index contributed by atoms with van der Waals surface area (Å²) in [5.74, 6) is 1.03. The highest BCUT2D eigenvalue weighted by Gasteiger charge is 2.19. The van der Waals surface area contributed by atoms with Gasteiger partial charge in [-0.15, -0.1) is 11.3 Å². The highest BCUT2D eigenvalue weighted by molar-refractivity contribution is 7.09. The van der Waals surface area contributed by atoms with Gasteiger partial charge in [-0.1, -0.05) is 18.2 Å². The van der Waals surface area contributed by atoms with E-state index in [1.165, 1.54) is 16.0 Å². The summed E-state index contributed by atoms with van der Waals surface area (Å²) < 4.78 is 5.57. The van der Waals surface area contributed by atoms with Crippen LogP contribution in [0.3, 0.4) is 0 Å². The van der Waals surface area contributed by atoms with Gasteiger partial charge in [0.15, 0.2) is 0 Å². The minimum Gasteiger partial charge on any atom is -0.493 e. The lowest BCUT2D eigenvalue weighted by molar-refractivity contribution is 0.244. The van der Waals surface area contributed by atoms with Crippen molar-refractivity contribution < 1.29 is 4.74 Å². The Balaban J connectivity index is 1.78. The largest absolute Gasteiger partial charge is 0.493 e. The summed E-state index contributed by atoms with van der Waals surface area (Å²) in [5, 5.41) is 2.12. The van der Waals surface area contributed by atoms with Gasteiger partial charge >= 0.3 is 0 Å². The van der Waals surface area contributed by atoms with E-state index in [9.17, 15) is 0 Å². The Labute approximate surface area is 124 Å². The normalized spacial score (nSPS) is 15.2. The van der Waals surface area contributed by atoms with Crippen LogP contribution in [0.4, 0.5) is 0 Å². The third kappa shape index (κ3) is 2.73. The second-order valence-electron chi connectivity index (χ2n) is 5.21. The molecule has 1 aromatic carbocycles. The van der Waals surface area contributed by atoms with Gasteiger partial charge in [-0.3, -0.25) is 4.90 Å². The van der Waals surface area contributed by atoms with Crippen molar-refractivity contribution in [1.82, 2.24) is 4.90 Å². The maximum absolute atomic E-state index is 6.01. The molecule has 0 fully saturated rings. The fraction of sp³-hybridized carbons (Fsp3) is 0.375. The molecule has 106 valence electrons. The quantitative estimate of drug-likeness (QED) is 0.919. The number of benzene rings is 1. The lowest BCUT2D eigenvalue weighted by Gasteiger charge is -2.27. The van der Waals surface area contributed by atoms with E-state index in [-0.39, 0.29) is 6.04 Å². The standard InChI is InChI=1S/C16H20N2OS/c1-18(11-14-3-2-8-20-14)15(10-17)12-4-5-16-13(9-12)6-7-19-16/h2-5,8-9,15H,6-7,10-11,17H2,1H3. The lowest BCUT2D eigenvalue weighted by Crippen LogP contribution is -2.30. The lowest BCUT2D eigenvalue weighted by atomic mass is 10.0. The Morgan fingerprint density at radius 2 is 2.30 bits per heavy atom. The zero-order valence-electron chi connectivity index (χ0n) is 11.7. The molecule has 2 N–H and O–H groups in total. The third-order valence-corrected chi connectivity index (χ3v) is 4.70. The third-order valence-electron chi connectivity index (χ3n) is 3.84. The zero-order chi connectivity index (χ0) is 13.9. The van der Waals surface area contributed by atoms with Gasteiger partial charge in [0.05, 0.1) is 6.61 Å². The van der Waals surface area contributed by atoms with Crippen molar-refractivity contribution in [3.8, 4) is 5.75 Å². The van der Waals surface area contributed by atoms with E-state index < -0.39 is 0 Å². The molecule has 1 aliphatic rings. The van der Waals surface area contributed by atoms with Crippen LogP contribution < -0.4 is 10.5 Å². The van der Waals surface area contributed by atoms with E-state index in [4.69, 9.17) is 10.5 Å². The minimum atomic E-state index is 0.253. The Hall–Kier alpha value is -1.36. The molecular formula is C16H20N2OS. The molecule has 2 aromatic rings. The van der Waals surface area contributed by atoms with Crippen LogP contribution in [-0.2, 0) is 13.0 Å². The van der Waals surface area contributed by atoms with Gasteiger partial charge in [-0.2, -0.15) is 0 Å². The van der Waals surface area contributed by atoms with Crippen LogP contribution >= 0.6 is 11.3 Å². The van der Waals surface area contributed by atoms with Crippen molar-refractivity contribution in [3.05, 3.63) is 51.7 Å². The number of hydrogen-bond acceptors (Lipinski definition) is 4. The molecule has 0 aliphatic carbocycles. The average Bonchev–Trinajstić information content (AvgIpc) is 3.09. The van der Waals surface area contributed by atoms with Gasteiger partial charge in [-0.05, 0) is 35.7 Å². The molecule has 2 heterocycles. The smallest absolute Gasteiger partial charge is 0.122 e. The molecule has 0 amide bonds. The monoisotopic (exact) mass is 288 g/mol. The molecule has 0 spiro atoms. The van der Waals surface area contributed by atoms with E-state index in [1.807, 2.05) is 0 Å². The fourth-order valence-electron chi connectivity index (χ4n) is 2.74. The molecule has 1 atom stereocenters. The van der Waals surface area contributed by atoms with Crippen molar-refractivity contribution in [2.45, 2.75) is 19.0 Å². The molecule has 3 nitrogen and oxygen atoms in total. The van der Waals surface area contributed by atoms with Gasteiger partial charge in [0.1, 0.15) is 5.75 Å². The van der Waals surface area contributed by atoms with Gasteiger partial charge < -0.3 is 10.5 Å². The van der Waals surface area contributed by atoms with Crippen LogP contribution in [-0.4, -0.2) is 25.1 Å². The van der Waals surface area contributed by atoms with Crippen molar-refractivity contribution >= 4 is 11.3 Å². The summed E-state index contributed by atoms with van der Waals surface area (Å²) in [4.78, 5) is 3.69.